The van der Waals surface area contributed by atoms with Crippen LogP contribution in [0.3, 0.4) is 0 Å². The van der Waals surface area contributed by atoms with Crippen molar-refractivity contribution < 1.29 is 23.1 Å². The third-order valence-electron chi connectivity index (χ3n) is 4.17. The maximum atomic E-state index is 12.8. The first-order valence-corrected chi connectivity index (χ1v) is 7.03. The van der Waals surface area contributed by atoms with Gasteiger partial charge in [0.1, 0.15) is 5.41 Å². The average molecular weight is 318 g/mol. The summed E-state index contributed by atoms with van der Waals surface area (Å²) in [6, 6.07) is 12.5. The van der Waals surface area contributed by atoms with E-state index in [1.165, 1.54) is 0 Å². The summed E-state index contributed by atoms with van der Waals surface area (Å²) in [6.45, 7) is 0. The summed E-state index contributed by atoms with van der Waals surface area (Å²) >= 11 is 0. The van der Waals surface area contributed by atoms with Crippen LogP contribution in [-0.4, -0.2) is 17.3 Å². The van der Waals surface area contributed by atoms with Gasteiger partial charge in [-0.1, -0.05) is 60.7 Å². The number of fused-ring (bicyclic) bond motifs is 1. The Bertz CT molecular complexity index is 828. The molecule has 0 fully saturated rings. The van der Waals surface area contributed by atoms with Crippen LogP contribution in [0.4, 0.5) is 13.2 Å². The summed E-state index contributed by atoms with van der Waals surface area (Å²) < 4.78 is 38.3. The summed E-state index contributed by atoms with van der Waals surface area (Å²) in [5.41, 5.74) is -1.80. The van der Waals surface area contributed by atoms with Crippen LogP contribution in [0.25, 0.3) is 10.8 Å². The summed E-state index contributed by atoms with van der Waals surface area (Å²) in [7, 11) is 0. The Labute approximate surface area is 130 Å². The normalized spacial score (nSPS) is 21.3. The highest BCUT2D eigenvalue weighted by molar-refractivity contribution is 5.95. The minimum absolute atomic E-state index is 0.234. The second kappa shape index (κ2) is 5.26. The van der Waals surface area contributed by atoms with Gasteiger partial charge in [-0.25, -0.2) is 0 Å². The maximum Gasteiger partial charge on any atom is 0.416 e. The Balaban J connectivity index is 2.16. The number of halogens is 3. The molecule has 118 valence electrons. The number of benzene rings is 2. The Morgan fingerprint density at radius 2 is 1.78 bits per heavy atom. The van der Waals surface area contributed by atoms with Crippen molar-refractivity contribution in [3.8, 4) is 0 Å². The molecule has 0 saturated carbocycles. The molecule has 0 aromatic heterocycles. The predicted molar refractivity (Wildman–Crippen MR) is 81.2 cm³/mol. The summed E-state index contributed by atoms with van der Waals surface area (Å²) in [5.74, 6) is -1.16. The third kappa shape index (κ3) is 2.52. The number of alkyl halides is 3. The van der Waals surface area contributed by atoms with Gasteiger partial charge in [0.05, 0.1) is 5.57 Å². The predicted octanol–water partition coefficient (Wildman–Crippen LogP) is 4.61. The zero-order chi connectivity index (χ0) is 16.7. The zero-order valence-corrected chi connectivity index (χ0v) is 12.0. The van der Waals surface area contributed by atoms with Gasteiger partial charge < -0.3 is 5.11 Å². The van der Waals surface area contributed by atoms with Crippen LogP contribution < -0.4 is 0 Å². The number of aliphatic carboxylic acids is 1. The van der Waals surface area contributed by atoms with Crippen molar-refractivity contribution in [3.63, 3.8) is 0 Å². The molecule has 2 nitrogen and oxygen atoms in total. The lowest BCUT2D eigenvalue weighted by Crippen LogP contribution is -2.35. The quantitative estimate of drug-likeness (QED) is 0.878. The van der Waals surface area contributed by atoms with Gasteiger partial charge in [-0.15, -0.1) is 0 Å². The van der Waals surface area contributed by atoms with E-state index in [2.05, 4.69) is 0 Å². The van der Waals surface area contributed by atoms with Gasteiger partial charge in [-0.2, -0.15) is 13.2 Å². The van der Waals surface area contributed by atoms with E-state index in [-0.39, 0.29) is 6.42 Å². The van der Waals surface area contributed by atoms with Gasteiger partial charge in [0, 0.05) is 0 Å². The van der Waals surface area contributed by atoms with E-state index >= 15 is 0 Å². The smallest absolute Gasteiger partial charge is 0.416 e. The first kappa shape index (κ1) is 15.3. The van der Waals surface area contributed by atoms with Crippen LogP contribution in [0, 0.1) is 0 Å². The van der Waals surface area contributed by atoms with Gasteiger partial charge >= 0.3 is 12.1 Å². The molecule has 2 aromatic carbocycles. The zero-order valence-electron chi connectivity index (χ0n) is 12.0. The lowest BCUT2D eigenvalue weighted by molar-refractivity contribution is -0.142. The molecule has 2 aromatic rings. The molecule has 0 radical (unpaired) electrons. The monoisotopic (exact) mass is 318 g/mol. The molecule has 1 atom stereocenters. The van der Waals surface area contributed by atoms with E-state index < -0.39 is 23.1 Å². The SMILES string of the molecule is O=C(O)C1(c2cccc3ccccc23)C=CC(C(F)(F)F)=CC1. The van der Waals surface area contributed by atoms with Gasteiger partial charge in [0.2, 0.25) is 0 Å². The van der Waals surface area contributed by atoms with E-state index in [0.29, 0.717) is 5.56 Å². The summed E-state index contributed by atoms with van der Waals surface area (Å²) in [6.07, 6.45) is -1.74. The molecule has 1 N–H and O–H groups in total. The van der Waals surface area contributed by atoms with Crippen LogP contribution >= 0.6 is 0 Å². The maximum absolute atomic E-state index is 12.8. The van der Waals surface area contributed by atoms with Crippen LogP contribution in [0.5, 0.6) is 0 Å². The molecule has 0 spiro atoms. The lowest BCUT2D eigenvalue weighted by atomic mass is 9.72. The van der Waals surface area contributed by atoms with Crippen molar-refractivity contribution in [2.75, 3.05) is 0 Å². The van der Waals surface area contributed by atoms with E-state index in [0.717, 1.165) is 29.0 Å². The molecular weight excluding hydrogens is 305 g/mol. The Kier molecular flexibility index (Phi) is 3.51. The second-order valence-corrected chi connectivity index (χ2v) is 5.50. The summed E-state index contributed by atoms with van der Waals surface area (Å²) in [4.78, 5) is 11.9. The van der Waals surface area contributed by atoms with Gasteiger partial charge in [-0.05, 0) is 22.8 Å². The average Bonchev–Trinajstić information content (AvgIpc) is 2.53. The summed E-state index contributed by atoms with van der Waals surface area (Å²) in [5, 5.41) is 11.3. The topological polar surface area (TPSA) is 37.3 Å². The van der Waals surface area contributed by atoms with Crippen molar-refractivity contribution in [1.29, 1.82) is 0 Å². The first-order valence-electron chi connectivity index (χ1n) is 7.03. The Morgan fingerprint density at radius 1 is 1.09 bits per heavy atom. The van der Waals surface area contributed by atoms with Crippen molar-refractivity contribution in [2.45, 2.75) is 18.0 Å². The van der Waals surface area contributed by atoms with Crippen LogP contribution in [0.1, 0.15) is 12.0 Å². The molecule has 0 amide bonds. The van der Waals surface area contributed by atoms with Crippen molar-refractivity contribution in [1.82, 2.24) is 0 Å². The highest BCUT2D eigenvalue weighted by Gasteiger charge is 2.43. The molecule has 5 heteroatoms. The number of carboxylic acid groups (broad SMARTS) is 1. The molecule has 0 saturated heterocycles. The fraction of sp³-hybridized carbons (Fsp3) is 0.167. The largest absolute Gasteiger partial charge is 0.480 e. The molecular formula is C18H13F3O2. The fourth-order valence-electron chi connectivity index (χ4n) is 2.94. The highest BCUT2D eigenvalue weighted by Crippen LogP contribution is 2.41. The molecule has 23 heavy (non-hydrogen) atoms. The lowest BCUT2D eigenvalue weighted by Gasteiger charge is -2.30. The molecule has 0 heterocycles. The van der Waals surface area contributed by atoms with Crippen molar-refractivity contribution in [3.05, 3.63) is 71.8 Å². The van der Waals surface area contributed by atoms with Crippen LogP contribution in [-0.2, 0) is 10.2 Å². The molecule has 0 aliphatic heterocycles. The van der Waals surface area contributed by atoms with E-state index in [4.69, 9.17) is 0 Å². The Morgan fingerprint density at radius 3 is 2.39 bits per heavy atom. The minimum Gasteiger partial charge on any atom is -0.480 e. The molecule has 1 unspecified atom stereocenters. The Hall–Kier alpha value is -2.56. The highest BCUT2D eigenvalue weighted by atomic mass is 19.4. The van der Waals surface area contributed by atoms with Crippen LogP contribution in [0.15, 0.2) is 66.3 Å². The molecule has 1 aliphatic carbocycles. The number of carbonyl (C=O) groups is 1. The third-order valence-corrected chi connectivity index (χ3v) is 4.17. The van der Waals surface area contributed by atoms with E-state index in [9.17, 15) is 23.1 Å². The molecule has 1 aliphatic rings. The van der Waals surface area contributed by atoms with Crippen molar-refractivity contribution in [2.24, 2.45) is 0 Å². The molecule has 3 rings (SSSR count). The fourth-order valence-corrected chi connectivity index (χ4v) is 2.94. The number of carboxylic acids is 1. The standard InChI is InChI=1S/C18H13F3O2/c19-18(20,21)13-8-10-17(11-9-13,16(22)23)15-7-3-5-12-4-1-2-6-14(12)15/h1-10H,11H2,(H,22,23). The van der Waals surface area contributed by atoms with E-state index in [1.54, 1.807) is 24.3 Å². The van der Waals surface area contributed by atoms with Gasteiger partial charge in [-0.3, -0.25) is 4.79 Å². The number of hydrogen-bond acceptors (Lipinski definition) is 1. The first-order chi connectivity index (χ1) is 10.8. The minimum atomic E-state index is -4.47. The number of allylic oxidation sites excluding steroid dienone is 3. The van der Waals surface area contributed by atoms with Gasteiger partial charge in [0.25, 0.3) is 0 Å². The van der Waals surface area contributed by atoms with Crippen LogP contribution in [0.2, 0.25) is 0 Å². The van der Waals surface area contributed by atoms with E-state index in [1.807, 2.05) is 18.2 Å². The second-order valence-electron chi connectivity index (χ2n) is 5.50. The number of rotatable bonds is 2. The van der Waals surface area contributed by atoms with Crippen molar-refractivity contribution >= 4 is 16.7 Å². The van der Waals surface area contributed by atoms with Gasteiger partial charge in [0.15, 0.2) is 0 Å². The number of hydrogen-bond donors (Lipinski definition) is 1. The molecule has 0 bridgehead atoms.